The zero-order chi connectivity index (χ0) is 11.7. The number of halogens is 1. The van der Waals surface area contributed by atoms with Crippen molar-refractivity contribution in [3.05, 3.63) is 5.82 Å². The van der Waals surface area contributed by atoms with Crippen molar-refractivity contribution in [1.82, 2.24) is 9.36 Å². The van der Waals surface area contributed by atoms with Crippen LogP contribution in [0.2, 0.25) is 0 Å². The van der Waals surface area contributed by atoms with Crippen molar-refractivity contribution >= 4 is 28.3 Å². The first kappa shape index (κ1) is 12.1. The van der Waals surface area contributed by atoms with Crippen LogP contribution in [0.1, 0.15) is 38.9 Å². The lowest BCUT2D eigenvalue weighted by Gasteiger charge is -2.23. The van der Waals surface area contributed by atoms with Gasteiger partial charge in [0.05, 0.1) is 0 Å². The molecular weight excluding hydrogens is 242 g/mol. The van der Waals surface area contributed by atoms with Crippen LogP contribution in [0.4, 0.5) is 5.13 Å². The number of rotatable bonds is 3. The van der Waals surface area contributed by atoms with Gasteiger partial charge < -0.3 is 4.90 Å². The number of hydrogen-bond acceptors (Lipinski definition) is 4. The number of nitrogens with zero attached hydrogens (tertiary/aromatic N) is 3. The van der Waals surface area contributed by atoms with Gasteiger partial charge in [0, 0.05) is 35.9 Å². The van der Waals surface area contributed by atoms with E-state index in [0.717, 1.165) is 17.5 Å². The molecule has 5 heteroatoms. The van der Waals surface area contributed by atoms with E-state index in [1.807, 2.05) is 0 Å². The van der Waals surface area contributed by atoms with Crippen LogP contribution in [-0.2, 0) is 0 Å². The number of aromatic nitrogens is 2. The van der Waals surface area contributed by atoms with Crippen molar-refractivity contribution < 1.29 is 0 Å². The average Bonchev–Trinajstić information content (AvgIpc) is 2.83. The Balaban J connectivity index is 2.17. The van der Waals surface area contributed by atoms with Crippen molar-refractivity contribution in [2.24, 2.45) is 5.92 Å². The summed E-state index contributed by atoms with van der Waals surface area (Å²) in [5.74, 6) is 2.69. The molecule has 0 radical (unpaired) electrons. The molecule has 0 spiro atoms. The zero-order valence-electron chi connectivity index (χ0n) is 9.98. The Labute approximate surface area is 106 Å². The lowest BCUT2D eigenvalue weighted by atomic mass is 10.1. The van der Waals surface area contributed by atoms with Crippen molar-refractivity contribution in [1.29, 1.82) is 0 Å². The standard InChI is InChI=1S/C11H18ClN3S/c1-7(2)10-13-11(16-14-10)15-5-4-8(3)9(15)6-12/h7-9H,4-6H2,1-3H3. The van der Waals surface area contributed by atoms with Gasteiger partial charge in [0.15, 0.2) is 0 Å². The maximum atomic E-state index is 6.03. The van der Waals surface area contributed by atoms with Gasteiger partial charge in [-0.05, 0) is 12.3 Å². The molecule has 0 aliphatic carbocycles. The molecule has 1 aliphatic heterocycles. The smallest absolute Gasteiger partial charge is 0.205 e. The van der Waals surface area contributed by atoms with Gasteiger partial charge in [-0.1, -0.05) is 20.8 Å². The molecule has 90 valence electrons. The van der Waals surface area contributed by atoms with Gasteiger partial charge in [-0.3, -0.25) is 0 Å². The fraction of sp³-hybridized carbons (Fsp3) is 0.818. The first-order chi connectivity index (χ1) is 7.63. The van der Waals surface area contributed by atoms with E-state index in [9.17, 15) is 0 Å². The molecule has 16 heavy (non-hydrogen) atoms. The van der Waals surface area contributed by atoms with Gasteiger partial charge in [0.1, 0.15) is 5.82 Å². The van der Waals surface area contributed by atoms with E-state index < -0.39 is 0 Å². The lowest BCUT2D eigenvalue weighted by Crippen LogP contribution is -2.33. The second-order valence-corrected chi connectivity index (χ2v) is 5.81. The minimum atomic E-state index is 0.402. The highest BCUT2D eigenvalue weighted by Crippen LogP contribution is 2.32. The van der Waals surface area contributed by atoms with E-state index in [1.165, 1.54) is 18.0 Å². The predicted molar refractivity (Wildman–Crippen MR) is 69.6 cm³/mol. The summed E-state index contributed by atoms with van der Waals surface area (Å²) in [6, 6.07) is 0.426. The summed E-state index contributed by atoms with van der Waals surface area (Å²) in [7, 11) is 0. The highest BCUT2D eigenvalue weighted by molar-refractivity contribution is 7.09. The van der Waals surface area contributed by atoms with Crippen LogP contribution < -0.4 is 4.90 Å². The molecule has 2 heterocycles. The third-order valence-corrected chi connectivity index (χ3v) is 4.32. The first-order valence-electron chi connectivity index (χ1n) is 5.79. The second kappa shape index (κ2) is 4.88. The van der Waals surface area contributed by atoms with E-state index in [0.29, 0.717) is 23.8 Å². The molecule has 1 aliphatic rings. The number of anilines is 1. The summed E-state index contributed by atoms with van der Waals surface area (Å²) in [4.78, 5) is 6.92. The largest absolute Gasteiger partial charge is 0.342 e. The molecule has 3 nitrogen and oxygen atoms in total. The normalized spacial score (nSPS) is 25.7. The Bertz CT molecular complexity index is 353. The van der Waals surface area contributed by atoms with Crippen LogP contribution in [0.15, 0.2) is 0 Å². The van der Waals surface area contributed by atoms with Crippen molar-refractivity contribution in [3.8, 4) is 0 Å². The second-order valence-electron chi connectivity index (χ2n) is 4.77. The van der Waals surface area contributed by atoms with Gasteiger partial charge in [-0.2, -0.15) is 4.37 Å². The Kier molecular flexibility index (Phi) is 3.70. The van der Waals surface area contributed by atoms with Gasteiger partial charge >= 0.3 is 0 Å². The monoisotopic (exact) mass is 259 g/mol. The molecule has 1 saturated heterocycles. The Hall–Kier alpha value is -0.350. The van der Waals surface area contributed by atoms with Crippen LogP contribution in [0.25, 0.3) is 0 Å². The van der Waals surface area contributed by atoms with Crippen LogP contribution in [0, 0.1) is 5.92 Å². The van der Waals surface area contributed by atoms with Crippen molar-refractivity contribution in [2.75, 3.05) is 17.3 Å². The van der Waals surface area contributed by atoms with Crippen LogP contribution in [-0.4, -0.2) is 27.8 Å². The van der Waals surface area contributed by atoms with Crippen molar-refractivity contribution in [3.63, 3.8) is 0 Å². The van der Waals surface area contributed by atoms with Gasteiger partial charge in [-0.15, -0.1) is 11.6 Å². The zero-order valence-corrected chi connectivity index (χ0v) is 11.6. The summed E-state index contributed by atoms with van der Waals surface area (Å²) < 4.78 is 4.40. The minimum Gasteiger partial charge on any atom is -0.342 e. The summed E-state index contributed by atoms with van der Waals surface area (Å²) in [5, 5.41) is 1.04. The highest BCUT2D eigenvalue weighted by atomic mass is 35.5. The van der Waals surface area contributed by atoms with E-state index in [4.69, 9.17) is 11.6 Å². The molecular formula is C11H18ClN3S. The van der Waals surface area contributed by atoms with Crippen LogP contribution in [0.3, 0.4) is 0 Å². The van der Waals surface area contributed by atoms with E-state index in [-0.39, 0.29) is 0 Å². The van der Waals surface area contributed by atoms with Crippen LogP contribution >= 0.6 is 23.1 Å². The molecule has 2 rings (SSSR count). The topological polar surface area (TPSA) is 29.0 Å². The first-order valence-corrected chi connectivity index (χ1v) is 7.10. The van der Waals surface area contributed by atoms with E-state index in [1.54, 1.807) is 0 Å². The Morgan fingerprint density at radius 2 is 2.31 bits per heavy atom. The fourth-order valence-electron chi connectivity index (χ4n) is 2.06. The summed E-state index contributed by atoms with van der Waals surface area (Å²) in [6.07, 6.45) is 1.20. The Morgan fingerprint density at radius 1 is 1.56 bits per heavy atom. The van der Waals surface area contributed by atoms with Crippen LogP contribution in [0.5, 0.6) is 0 Å². The molecule has 1 fully saturated rings. The SMILES string of the molecule is CC(C)c1nsc(N2CCC(C)C2CCl)n1. The highest BCUT2D eigenvalue weighted by Gasteiger charge is 2.32. The molecule has 0 aromatic carbocycles. The number of alkyl halides is 1. The predicted octanol–water partition coefficient (Wildman–Crippen LogP) is 3.12. The van der Waals surface area contributed by atoms with Crippen molar-refractivity contribution in [2.45, 2.75) is 39.2 Å². The molecule has 0 saturated carbocycles. The molecule has 2 atom stereocenters. The molecule has 0 N–H and O–H groups in total. The van der Waals surface area contributed by atoms with Gasteiger partial charge in [0.2, 0.25) is 5.13 Å². The Morgan fingerprint density at radius 3 is 2.88 bits per heavy atom. The van der Waals surface area contributed by atoms with E-state index in [2.05, 4.69) is 35.0 Å². The third kappa shape index (κ3) is 2.18. The molecule has 0 bridgehead atoms. The maximum absolute atomic E-state index is 6.03. The quantitative estimate of drug-likeness (QED) is 0.781. The lowest BCUT2D eigenvalue weighted by molar-refractivity contribution is 0.549. The van der Waals surface area contributed by atoms with E-state index >= 15 is 0 Å². The molecule has 1 aromatic rings. The molecule has 2 unspecified atom stereocenters. The fourth-order valence-corrected chi connectivity index (χ4v) is 3.42. The molecule has 0 amide bonds. The van der Waals surface area contributed by atoms with Gasteiger partial charge in [-0.25, -0.2) is 4.98 Å². The summed E-state index contributed by atoms with van der Waals surface area (Å²) in [6.45, 7) is 7.57. The third-order valence-electron chi connectivity index (χ3n) is 3.23. The van der Waals surface area contributed by atoms with Gasteiger partial charge in [0.25, 0.3) is 0 Å². The summed E-state index contributed by atoms with van der Waals surface area (Å²) >= 11 is 7.53. The summed E-state index contributed by atoms with van der Waals surface area (Å²) in [5.41, 5.74) is 0. The minimum absolute atomic E-state index is 0.402. The number of hydrogen-bond donors (Lipinski definition) is 0. The maximum Gasteiger partial charge on any atom is 0.205 e. The average molecular weight is 260 g/mol. The molecule has 1 aromatic heterocycles.